The van der Waals surface area contributed by atoms with Crippen LogP contribution in [0.25, 0.3) is 10.9 Å². The molecule has 0 aromatic carbocycles. The summed E-state index contributed by atoms with van der Waals surface area (Å²) in [4.78, 5) is 14.1. The van der Waals surface area contributed by atoms with E-state index in [1.165, 1.54) is 16.9 Å². The Morgan fingerprint density at radius 3 is 2.93 bits per heavy atom. The van der Waals surface area contributed by atoms with Crippen LogP contribution in [-0.4, -0.2) is 30.9 Å². The molecule has 6 nitrogen and oxygen atoms in total. The largest absolute Gasteiger partial charge is 0.493 e. The summed E-state index contributed by atoms with van der Waals surface area (Å²) in [5, 5.41) is 22.4. The number of carboxylic acid groups (broad SMARTS) is 1. The van der Waals surface area contributed by atoms with Gasteiger partial charge < -0.3 is 10.2 Å². The van der Waals surface area contributed by atoms with Crippen molar-refractivity contribution in [3.05, 3.63) is 18.0 Å². The van der Waals surface area contributed by atoms with Crippen molar-refractivity contribution in [2.45, 2.75) is 0 Å². The van der Waals surface area contributed by atoms with E-state index in [0.717, 1.165) is 0 Å². The van der Waals surface area contributed by atoms with Crippen LogP contribution in [0.2, 0.25) is 0 Å². The summed E-state index contributed by atoms with van der Waals surface area (Å²) in [6.07, 6.45) is 1.43. The molecule has 14 heavy (non-hydrogen) atoms. The summed E-state index contributed by atoms with van der Waals surface area (Å²) in [6, 6.07) is 1.37. The van der Waals surface area contributed by atoms with Gasteiger partial charge in [0, 0.05) is 7.05 Å². The second-order valence-electron chi connectivity index (χ2n) is 2.84. The van der Waals surface area contributed by atoms with E-state index < -0.39 is 5.97 Å². The molecule has 2 aromatic heterocycles. The number of carboxylic acids is 1. The van der Waals surface area contributed by atoms with E-state index in [9.17, 15) is 9.90 Å². The standard InChI is InChI=1S/C8H7N3O3/c1-11-6-2-5(8(13)14)10-7(12)4(6)3-9-11/h2-3H,1H3,(H,10,12)(H,13,14). The Labute approximate surface area is 78.4 Å². The van der Waals surface area contributed by atoms with Gasteiger partial charge in [-0.3, -0.25) is 4.68 Å². The Kier molecular flexibility index (Phi) is 1.63. The molecule has 0 atom stereocenters. The van der Waals surface area contributed by atoms with Gasteiger partial charge in [-0.25, -0.2) is 9.78 Å². The fraction of sp³-hybridized carbons (Fsp3) is 0.125. The number of rotatable bonds is 1. The van der Waals surface area contributed by atoms with Crippen molar-refractivity contribution >= 4 is 16.9 Å². The number of fused-ring (bicyclic) bond motifs is 1. The number of pyridine rings is 1. The van der Waals surface area contributed by atoms with Gasteiger partial charge in [0.25, 0.3) is 0 Å². The lowest BCUT2D eigenvalue weighted by Gasteiger charge is -1.98. The molecule has 0 fully saturated rings. The molecule has 0 radical (unpaired) electrons. The number of aromatic nitrogens is 3. The number of aromatic carboxylic acids is 1. The zero-order chi connectivity index (χ0) is 10.3. The van der Waals surface area contributed by atoms with Crippen LogP contribution in [0.5, 0.6) is 5.88 Å². The van der Waals surface area contributed by atoms with E-state index in [1.54, 1.807) is 7.05 Å². The van der Waals surface area contributed by atoms with Crippen LogP contribution in [0.4, 0.5) is 0 Å². The fourth-order valence-electron chi connectivity index (χ4n) is 1.24. The van der Waals surface area contributed by atoms with E-state index in [2.05, 4.69) is 10.1 Å². The Balaban J connectivity index is 2.82. The SMILES string of the molecule is Cn1ncc2c(O)nc(C(=O)O)cc21. The molecule has 0 aliphatic carbocycles. The normalized spacial score (nSPS) is 10.6. The first-order valence-corrected chi connectivity index (χ1v) is 3.84. The van der Waals surface area contributed by atoms with Gasteiger partial charge in [0.1, 0.15) is 0 Å². The van der Waals surface area contributed by atoms with Gasteiger partial charge in [0.2, 0.25) is 5.88 Å². The van der Waals surface area contributed by atoms with Crippen molar-refractivity contribution in [2.75, 3.05) is 0 Å². The van der Waals surface area contributed by atoms with Gasteiger partial charge in [-0.15, -0.1) is 0 Å². The number of aryl methyl sites for hydroxylation is 1. The van der Waals surface area contributed by atoms with E-state index in [-0.39, 0.29) is 11.6 Å². The van der Waals surface area contributed by atoms with Crippen LogP contribution < -0.4 is 0 Å². The first-order chi connectivity index (χ1) is 6.59. The molecule has 2 N–H and O–H groups in total. The maximum absolute atomic E-state index is 10.6. The Morgan fingerprint density at radius 2 is 2.29 bits per heavy atom. The highest BCUT2D eigenvalue weighted by atomic mass is 16.4. The van der Waals surface area contributed by atoms with Crippen LogP contribution in [0, 0.1) is 0 Å². The Morgan fingerprint density at radius 1 is 1.57 bits per heavy atom. The molecule has 0 saturated carbocycles. The highest BCUT2D eigenvalue weighted by Crippen LogP contribution is 2.22. The maximum atomic E-state index is 10.6. The third-order valence-electron chi connectivity index (χ3n) is 1.94. The van der Waals surface area contributed by atoms with Crippen LogP contribution >= 0.6 is 0 Å². The van der Waals surface area contributed by atoms with Crippen LogP contribution in [0.15, 0.2) is 12.3 Å². The second kappa shape index (κ2) is 2.69. The second-order valence-corrected chi connectivity index (χ2v) is 2.84. The molecular formula is C8H7N3O3. The zero-order valence-corrected chi connectivity index (χ0v) is 7.30. The van der Waals surface area contributed by atoms with E-state index in [4.69, 9.17) is 5.11 Å². The quantitative estimate of drug-likeness (QED) is 0.683. The highest BCUT2D eigenvalue weighted by molar-refractivity contribution is 5.92. The van der Waals surface area contributed by atoms with Crippen molar-refractivity contribution in [2.24, 2.45) is 7.05 Å². The molecule has 6 heteroatoms. The molecular weight excluding hydrogens is 186 g/mol. The number of nitrogens with zero attached hydrogens (tertiary/aromatic N) is 3. The summed E-state index contributed by atoms with van der Waals surface area (Å²) in [5.41, 5.74) is 0.341. The first-order valence-electron chi connectivity index (χ1n) is 3.84. The van der Waals surface area contributed by atoms with E-state index in [1.807, 2.05) is 0 Å². The lowest BCUT2D eigenvalue weighted by molar-refractivity contribution is 0.0689. The van der Waals surface area contributed by atoms with Crippen LogP contribution in [0.3, 0.4) is 0 Å². The van der Waals surface area contributed by atoms with Gasteiger partial charge in [0.05, 0.1) is 17.1 Å². The average molecular weight is 193 g/mol. The van der Waals surface area contributed by atoms with E-state index >= 15 is 0 Å². The number of carbonyl (C=O) groups is 1. The van der Waals surface area contributed by atoms with Gasteiger partial charge in [-0.05, 0) is 6.07 Å². The summed E-state index contributed by atoms with van der Waals surface area (Å²) >= 11 is 0. The lowest BCUT2D eigenvalue weighted by atomic mass is 10.2. The van der Waals surface area contributed by atoms with Crippen molar-refractivity contribution in [1.29, 1.82) is 0 Å². The molecule has 0 aliphatic rings. The Hall–Kier alpha value is -2.11. The molecule has 2 rings (SSSR count). The summed E-state index contributed by atoms with van der Waals surface area (Å²) < 4.78 is 1.48. The molecule has 0 aliphatic heterocycles. The number of aromatic hydroxyl groups is 1. The molecule has 0 spiro atoms. The molecule has 2 aromatic rings. The third kappa shape index (κ3) is 1.08. The zero-order valence-electron chi connectivity index (χ0n) is 7.30. The van der Waals surface area contributed by atoms with Crippen molar-refractivity contribution in [3.63, 3.8) is 0 Å². The van der Waals surface area contributed by atoms with Gasteiger partial charge in [0.15, 0.2) is 5.69 Å². The smallest absolute Gasteiger partial charge is 0.354 e. The van der Waals surface area contributed by atoms with Crippen molar-refractivity contribution < 1.29 is 15.0 Å². The molecule has 0 bridgehead atoms. The predicted octanol–water partition coefficient (Wildman–Crippen LogP) is 0.372. The lowest BCUT2D eigenvalue weighted by Crippen LogP contribution is -2.00. The van der Waals surface area contributed by atoms with Gasteiger partial charge >= 0.3 is 5.97 Å². The number of hydrogen-bond donors (Lipinski definition) is 2. The molecule has 2 heterocycles. The van der Waals surface area contributed by atoms with Crippen molar-refractivity contribution in [3.8, 4) is 5.88 Å². The minimum atomic E-state index is -1.18. The predicted molar refractivity (Wildman–Crippen MR) is 47.1 cm³/mol. The minimum Gasteiger partial charge on any atom is -0.493 e. The maximum Gasteiger partial charge on any atom is 0.354 e. The average Bonchev–Trinajstić information content (AvgIpc) is 2.48. The Bertz CT molecular complexity index is 518. The van der Waals surface area contributed by atoms with Gasteiger partial charge in [-0.1, -0.05) is 0 Å². The molecule has 0 amide bonds. The first kappa shape index (κ1) is 8.49. The topological polar surface area (TPSA) is 88.2 Å². The summed E-state index contributed by atoms with van der Waals surface area (Å²) in [6.45, 7) is 0. The van der Waals surface area contributed by atoms with E-state index in [0.29, 0.717) is 10.9 Å². The third-order valence-corrected chi connectivity index (χ3v) is 1.94. The molecule has 72 valence electrons. The van der Waals surface area contributed by atoms with Crippen molar-refractivity contribution in [1.82, 2.24) is 14.8 Å². The summed E-state index contributed by atoms with van der Waals surface area (Å²) in [7, 11) is 1.66. The van der Waals surface area contributed by atoms with Crippen LogP contribution in [-0.2, 0) is 7.05 Å². The minimum absolute atomic E-state index is 0.196. The summed E-state index contributed by atoms with van der Waals surface area (Å²) in [5.74, 6) is -1.49. The van der Waals surface area contributed by atoms with Crippen LogP contribution in [0.1, 0.15) is 10.5 Å². The fourth-order valence-corrected chi connectivity index (χ4v) is 1.24. The number of hydrogen-bond acceptors (Lipinski definition) is 4. The molecule has 0 unspecified atom stereocenters. The van der Waals surface area contributed by atoms with Gasteiger partial charge in [-0.2, -0.15) is 5.10 Å². The monoisotopic (exact) mass is 193 g/mol. The molecule has 0 saturated heterocycles. The highest BCUT2D eigenvalue weighted by Gasteiger charge is 2.12.